The van der Waals surface area contributed by atoms with Crippen molar-refractivity contribution in [2.45, 2.75) is 47.9 Å². The van der Waals surface area contributed by atoms with Crippen molar-refractivity contribution in [3.05, 3.63) is 59.7 Å². The third-order valence-electron chi connectivity index (χ3n) is 5.20. The number of fused-ring (bicyclic) bond motifs is 3. The first-order valence-corrected chi connectivity index (χ1v) is 10.7. The van der Waals surface area contributed by atoms with Crippen LogP contribution in [0.5, 0.6) is 0 Å². The van der Waals surface area contributed by atoms with Crippen LogP contribution >= 0.6 is 15.9 Å². The number of benzene rings is 2. The summed E-state index contributed by atoms with van der Waals surface area (Å²) in [4.78, 5) is 0.553. The molecule has 2 aliphatic rings. The number of sulfonamides is 1. The van der Waals surface area contributed by atoms with Gasteiger partial charge < -0.3 is 0 Å². The Hall–Kier alpha value is -1.33. The standard InChI is InChI=1S/C19H20BrNO2S/c1-13-9-11-14(12-10-13)24(22,23)21-18-8-3-2-5-15(18)16-6-4-7-17(20)19(16)21/h2-3,5,8-12,16-17,19H,4,6-7H2,1H3. The second-order valence-corrected chi connectivity index (χ2v) is 9.71. The van der Waals surface area contributed by atoms with Crippen molar-refractivity contribution in [2.75, 3.05) is 4.31 Å². The molecule has 1 heterocycles. The van der Waals surface area contributed by atoms with Gasteiger partial charge in [0.15, 0.2) is 0 Å². The van der Waals surface area contributed by atoms with Gasteiger partial charge in [-0.25, -0.2) is 8.42 Å². The summed E-state index contributed by atoms with van der Waals surface area (Å²) in [5, 5.41) is 0. The van der Waals surface area contributed by atoms with Gasteiger partial charge in [-0.3, -0.25) is 4.31 Å². The van der Waals surface area contributed by atoms with Crippen molar-refractivity contribution in [3.8, 4) is 0 Å². The highest BCUT2D eigenvalue weighted by atomic mass is 79.9. The number of halogens is 1. The number of hydrogen-bond acceptors (Lipinski definition) is 2. The zero-order valence-corrected chi connectivity index (χ0v) is 15.9. The molecule has 3 atom stereocenters. The number of anilines is 1. The fraction of sp³-hybridized carbons (Fsp3) is 0.368. The minimum Gasteiger partial charge on any atom is -0.261 e. The van der Waals surface area contributed by atoms with Gasteiger partial charge in [0.05, 0.1) is 16.6 Å². The van der Waals surface area contributed by atoms with Gasteiger partial charge in [-0.2, -0.15) is 0 Å². The molecule has 2 aromatic carbocycles. The van der Waals surface area contributed by atoms with Crippen LogP contribution in [-0.2, 0) is 10.0 Å². The molecular weight excluding hydrogens is 386 g/mol. The van der Waals surface area contributed by atoms with Crippen molar-refractivity contribution in [3.63, 3.8) is 0 Å². The van der Waals surface area contributed by atoms with Crippen LogP contribution in [0.3, 0.4) is 0 Å². The molecule has 5 heteroatoms. The summed E-state index contributed by atoms with van der Waals surface area (Å²) >= 11 is 3.77. The van der Waals surface area contributed by atoms with Gasteiger partial charge in [0.25, 0.3) is 10.0 Å². The second-order valence-electron chi connectivity index (χ2n) is 6.72. The molecule has 0 amide bonds. The fourth-order valence-electron chi connectivity index (χ4n) is 4.05. The summed E-state index contributed by atoms with van der Waals surface area (Å²) < 4.78 is 28.5. The Bertz CT molecular complexity index is 863. The van der Waals surface area contributed by atoms with E-state index in [9.17, 15) is 8.42 Å². The predicted molar refractivity (Wildman–Crippen MR) is 100 cm³/mol. The van der Waals surface area contributed by atoms with Crippen LogP contribution < -0.4 is 4.31 Å². The van der Waals surface area contributed by atoms with E-state index in [4.69, 9.17) is 0 Å². The molecule has 3 nitrogen and oxygen atoms in total. The number of hydrogen-bond donors (Lipinski definition) is 0. The summed E-state index contributed by atoms with van der Waals surface area (Å²) in [6, 6.07) is 15.1. The van der Waals surface area contributed by atoms with Crippen molar-refractivity contribution in [2.24, 2.45) is 0 Å². The highest BCUT2D eigenvalue weighted by Crippen LogP contribution is 2.51. The van der Waals surface area contributed by atoms with Crippen molar-refractivity contribution < 1.29 is 8.42 Å². The minimum atomic E-state index is -3.57. The molecule has 3 unspecified atom stereocenters. The topological polar surface area (TPSA) is 37.4 Å². The predicted octanol–water partition coefficient (Wildman–Crippen LogP) is 4.60. The average molecular weight is 406 g/mol. The maximum absolute atomic E-state index is 13.4. The normalized spacial score (nSPS) is 26.1. The summed E-state index contributed by atoms with van der Waals surface area (Å²) in [5.41, 5.74) is 3.08. The smallest absolute Gasteiger partial charge is 0.261 e. The van der Waals surface area contributed by atoms with Crippen LogP contribution in [0.15, 0.2) is 53.4 Å². The van der Waals surface area contributed by atoms with E-state index in [2.05, 4.69) is 22.0 Å². The van der Waals surface area contributed by atoms with Crippen molar-refractivity contribution in [1.29, 1.82) is 0 Å². The van der Waals surface area contributed by atoms with Gasteiger partial charge in [-0.15, -0.1) is 0 Å². The highest BCUT2D eigenvalue weighted by Gasteiger charge is 2.48. The second kappa shape index (κ2) is 5.88. The Morgan fingerprint density at radius 3 is 2.50 bits per heavy atom. The average Bonchev–Trinajstić information content (AvgIpc) is 2.92. The molecule has 1 aliphatic heterocycles. The monoisotopic (exact) mass is 405 g/mol. The summed E-state index contributed by atoms with van der Waals surface area (Å²) in [6.45, 7) is 1.97. The molecule has 126 valence electrons. The van der Waals surface area contributed by atoms with Crippen LogP contribution in [0.25, 0.3) is 0 Å². The highest BCUT2D eigenvalue weighted by molar-refractivity contribution is 9.09. The van der Waals surface area contributed by atoms with E-state index in [0.29, 0.717) is 4.90 Å². The van der Waals surface area contributed by atoms with E-state index in [1.807, 2.05) is 37.3 Å². The van der Waals surface area contributed by atoms with Crippen LogP contribution in [0.4, 0.5) is 5.69 Å². The molecule has 1 aliphatic carbocycles. The van der Waals surface area contributed by atoms with E-state index in [-0.39, 0.29) is 16.8 Å². The molecular formula is C19H20BrNO2S. The quantitative estimate of drug-likeness (QED) is 0.684. The van der Waals surface area contributed by atoms with Gasteiger partial charge in [-0.1, -0.05) is 58.2 Å². The van der Waals surface area contributed by atoms with Crippen molar-refractivity contribution in [1.82, 2.24) is 0 Å². The Balaban J connectivity index is 1.87. The molecule has 4 rings (SSSR count). The van der Waals surface area contributed by atoms with Crippen LogP contribution in [0, 0.1) is 6.92 Å². The Labute approximate surface area is 151 Å². The maximum atomic E-state index is 13.4. The molecule has 24 heavy (non-hydrogen) atoms. The van der Waals surface area contributed by atoms with Gasteiger partial charge in [0.1, 0.15) is 0 Å². The largest absolute Gasteiger partial charge is 0.264 e. The lowest BCUT2D eigenvalue weighted by Gasteiger charge is -2.36. The molecule has 0 spiro atoms. The molecule has 2 aromatic rings. The molecule has 1 fully saturated rings. The van der Waals surface area contributed by atoms with E-state index < -0.39 is 10.0 Å². The van der Waals surface area contributed by atoms with E-state index >= 15 is 0 Å². The first-order chi connectivity index (χ1) is 11.5. The minimum absolute atomic E-state index is 0.0394. The molecule has 0 saturated heterocycles. The van der Waals surface area contributed by atoms with E-state index in [1.54, 1.807) is 16.4 Å². The fourth-order valence-corrected chi connectivity index (χ4v) is 6.88. The molecule has 1 saturated carbocycles. The maximum Gasteiger partial charge on any atom is 0.264 e. The SMILES string of the molecule is Cc1ccc(S(=O)(=O)N2c3ccccc3C3CCCC(Br)C32)cc1. The third kappa shape index (κ3) is 2.40. The summed E-state index contributed by atoms with van der Waals surface area (Å²) in [6.07, 6.45) is 3.18. The number of nitrogens with zero attached hydrogens (tertiary/aromatic N) is 1. The van der Waals surface area contributed by atoms with Crippen LogP contribution in [0.1, 0.15) is 36.3 Å². The van der Waals surface area contributed by atoms with Crippen LogP contribution in [-0.4, -0.2) is 19.3 Å². The summed E-state index contributed by atoms with van der Waals surface area (Å²) in [5.74, 6) is 0.277. The lowest BCUT2D eigenvalue weighted by Crippen LogP contribution is -2.46. The number of alkyl halides is 1. The molecule has 0 N–H and O–H groups in total. The van der Waals surface area contributed by atoms with E-state index in [1.165, 1.54) is 5.56 Å². The van der Waals surface area contributed by atoms with Gasteiger partial charge in [0.2, 0.25) is 0 Å². The molecule has 0 bridgehead atoms. The number of rotatable bonds is 2. The Kier molecular flexibility index (Phi) is 3.96. The first kappa shape index (κ1) is 16.2. The number of aryl methyl sites for hydroxylation is 1. The van der Waals surface area contributed by atoms with Crippen molar-refractivity contribution >= 4 is 31.6 Å². The Morgan fingerprint density at radius 2 is 1.75 bits per heavy atom. The Morgan fingerprint density at radius 1 is 1.04 bits per heavy atom. The molecule has 0 aromatic heterocycles. The number of para-hydroxylation sites is 1. The zero-order chi connectivity index (χ0) is 16.9. The molecule has 0 radical (unpaired) electrons. The summed E-state index contributed by atoms with van der Waals surface area (Å²) in [7, 11) is -3.57. The lowest BCUT2D eigenvalue weighted by atomic mass is 9.83. The van der Waals surface area contributed by atoms with Gasteiger partial charge in [0, 0.05) is 10.7 Å². The van der Waals surface area contributed by atoms with Gasteiger partial charge in [-0.05, 0) is 43.5 Å². The van der Waals surface area contributed by atoms with Gasteiger partial charge >= 0.3 is 0 Å². The third-order valence-corrected chi connectivity index (χ3v) is 8.03. The zero-order valence-electron chi connectivity index (χ0n) is 13.5. The first-order valence-electron chi connectivity index (χ1n) is 8.34. The lowest BCUT2D eigenvalue weighted by molar-refractivity contribution is 0.419. The van der Waals surface area contributed by atoms with E-state index in [0.717, 1.165) is 30.5 Å². The van der Waals surface area contributed by atoms with Crippen LogP contribution in [0.2, 0.25) is 0 Å².